The average molecular weight is 262 g/mol. The standard InChI is InChI=1S/C14H18N2OS/c17-14(16-11-5-7-15-9-11)13-12-4-2-1-3-10(12)6-8-18-13/h1-4,11,13,15H,5-9H2,(H,16,17). The summed E-state index contributed by atoms with van der Waals surface area (Å²) in [7, 11) is 0. The molecule has 4 heteroatoms. The molecule has 0 spiro atoms. The summed E-state index contributed by atoms with van der Waals surface area (Å²) >= 11 is 1.76. The summed E-state index contributed by atoms with van der Waals surface area (Å²) in [6.07, 6.45) is 2.13. The van der Waals surface area contributed by atoms with E-state index in [4.69, 9.17) is 0 Å². The molecule has 2 unspecified atom stereocenters. The fourth-order valence-electron chi connectivity index (χ4n) is 2.67. The summed E-state index contributed by atoms with van der Waals surface area (Å²) in [4.78, 5) is 12.4. The van der Waals surface area contributed by atoms with Crippen LogP contribution in [-0.4, -0.2) is 30.8 Å². The number of aryl methyl sites for hydroxylation is 1. The highest BCUT2D eigenvalue weighted by Crippen LogP contribution is 2.36. The van der Waals surface area contributed by atoms with E-state index in [1.165, 1.54) is 11.1 Å². The van der Waals surface area contributed by atoms with Crippen LogP contribution in [0.5, 0.6) is 0 Å². The molecule has 0 bridgehead atoms. The smallest absolute Gasteiger partial charge is 0.237 e. The van der Waals surface area contributed by atoms with Crippen molar-refractivity contribution in [3.63, 3.8) is 0 Å². The fourth-order valence-corrected chi connectivity index (χ4v) is 3.87. The van der Waals surface area contributed by atoms with Crippen LogP contribution < -0.4 is 10.6 Å². The highest BCUT2D eigenvalue weighted by Gasteiger charge is 2.28. The lowest BCUT2D eigenvalue weighted by molar-refractivity contribution is -0.121. The number of carbonyl (C=O) groups is 1. The van der Waals surface area contributed by atoms with Crippen molar-refractivity contribution in [3.05, 3.63) is 35.4 Å². The van der Waals surface area contributed by atoms with Gasteiger partial charge in [0.05, 0.1) is 0 Å². The maximum Gasteiger partial charge on any atom is 0.237 e. The maximum atomic E-state index is 12.4. The molecule has 1 aromatic carbocycles. The number of carbonyl (C=O) groups excluding carboxylic acids is 1. The molecule has 1 fully saturated rings. The molecular weight excluding hydrogens is 244 g/mol. The molecule has 3 nitrogen and oxygen atoms in total. The molecule has 18 heavy (non-hydrogen) atoms. The van der Waals surface area contributed by atoms with Gasteiger partial charge in [-0.15, -0.1) is 11.8 Å². The van der Waals surface area contributed by atoms with Crippen molar-refractivity contribution in [2.45, 2.75) is 24.1 Å². The van der Waals surface area contributed by atoms with Gasteiger partial charge in [0.2, 0.25) is 5.91 Å². The van der Waals surface area contributed by atoms with Crippen LogP contribution in [0.2, 0.25) is 0 Å². The molecule has 2 N–H and O–H groups in total. The second-order valence-electron chi connectivity index (χ2n) is 4.90. The fraction of sp³-hybridized carbons (Fsp3) is 0.500. The monoisotopic (exact) mass is 262 g/mol. The SMILES string of the molecule is O=C(NC1CCNC1)C1SCCc2ccccc21. The Morgan fingerprint density at radius 2 is 2.28 bits per heavy atom. The molecule has 2 aliphatic rings. The van der Waals surface area contributed by atoms with E-state index in [1.807, 2.05) is 6.07 Å². The van der Waals surface area contributed by atoms with E-state index in [2.05, 4.69) is 28.8 Å². The quantitative estimate of drug-likeness (QED) is 0.848. The van der Waals surface area contributed by atoms with E-state index >= 15 is 0 Å². The number of nitrogens with one attached hydrogen (secondary N) is 2. The van der Waals surface area contributed by atoms with Gasteiger partial charge in [0, 0.05) is 12.6 Å². The second-order valence-corrected chi connectivity index (χ2v) is 6.11. The molecule has 0 aliphatic carbocycles. The first-order chi connectivity index (χ1) is 8.84. The van der Waals surface area contributed by atoms with E-state index < -0.39 is 0 Å². The first-order valence-electron chi connectivity index (χ1n) is 6.55. The molecule has 1 aromatic rings. The van der Waals surface area contributed by atoms with Gasteiger partial charge in [-0.05, 0) is 36.3 Å². The second kappa shape index (κ2) is 5.33. The Balaban J connectivity index is 1.74. The van der Waals surface area contributed by atoms with Crippen LogP contribution in [0.1, 0.15) is 22.8 Å². The number of benzene rings is 1. The van der Waals surface area contributed by atoms with Gasteiger partial charge < -0.3 is 10.6 Å². The number of hydrogen-bond donors (Lipinski definition) is 2. The zero-order chi connectivity index (χ0) is 12.4. The molecule has 3 rings (SSSR count). The Morgan fingerprint density at radius 3 is 3.11 bits per heavy atom. The summed E-state index contributed by atoms with van der Waals surface area (Å²) in [5, 5.41) is 6.43. The average Bonchev–Trinajstić information content (AvgIpc) is 2.91. The van der Waals surface area contributed by atoms with Gasteiger partial charge in [0.15, 0.2) is 0 Å². The van der Waals surface area contributed by atoms with Crippen molar-refractivity contribution >= 4 is 17.7 Å². The van der Waals surface area contributed by atoms with Crippen molar-refractivity contribution in [1.82, 2.24) is 10.6 Å². The lowest BCUT2D eigenvalue weighted by Gasteiger charge is -2.25. The number of fused-ring (bicyclic) bond motifs is 1. The molecule has 0 radical (unpaired) electrons. The summed E-state index contributed by atoms with van der Waals surface area (Å²) in [6, 6.07) is 8.64. The number of amides is 1. The van der Waals surface area contributed by atoms with Crippen molar-refractivity contribution in [1.29, 1.82) is 0 Å². The van der Waals surface area contributed by atoms with Crippen LogP contribution in [0, 0.1) is 0 Å². The minimum absolute atomic E-state index is 0.0180. The van der Waals surface area contributed by atoms with Crippen molar-refractivity contribution < 1.29 is 4.79 Å². The van der Waals surface area contributed by atoms with Crippen LogP contribution in [0.15, 0.2) is 24.3 Å². The van der Waals surface area contributed by atoms with Crippen molar-refractivity contribution in [2.75, 3.05) is 18.8 Å². The van der Waals surface area contributed by atoms with E-state index in [1.54, 1.807) is 11.8 Å². The number of rotatable bonds is 2. The predicted octanol–water partition coefficient (Wildman–Crippen LogP) is 1.50. The van der Waals surface area contributed by atoms with Gasteiger partial charge in [-0.1, -0.05) is 24.3 Å². The van der Waals surface area contributed by atoms with E-state index in [9.17, 15) is 4.79 Å². The summed E-state index contributed by atoms with van der Waals surface area (Å²) < 4.78 is 0. The minimum Gasteiger partial charge on any atom is -0.351 e. The normalized spacial score (nSPS) is 26.7. The molecule has 96 valence electrons. The van der Waals surface area contributed by atoms with Crippen LogP contribution >= 0.6 is 11.8 Å². The zero-order valence-corrected chi connectivity index (χ0v) is 11.1. The third-order valence-corrected chi connectivity index (χ3v) is 4.88. The first-order valence-corrected chi connectivity index (χ1v) is 7.60. The van der Waals surface area contributed by atoms with Gasteiger partial charge in [-0.2, -0.15) is 0 Å². The van der Waals surface area contributed by atoms with Crippen LogP contribution in [0.4, 0.5) is 0 Å². The van der Waals surface area contributed by atoms with E-state index in [-0.39, 0.29) is 11.2 Å². The van der Waals surface area contributed by atoms with Gasteiger partial charge >= 0.3 is 0 Å². The Bertz CT molecular complexity index is 443. The summed E-state index contributed by atoms with van der Waals surface area (Å²) in [5.41, 5.74) is 2.54. The first kappa shape index (κ1) is 12.1. The lowest BCUT2D eigenvalue weighted by atomic mass is 10.0. The van der Waals surface area contributed by atoms with Crippen molar-refractivity contribution in [3.8, 4) is 0 Å². The summed E-state index contributed by atoms with van der Waals surface area (Å²) in [6.45, 7) is 1.92. The highest BCUT2D eigenvalue weighted by molar-refractivity contribution is 8.00. The molecule has 2 heterocycles. The Labute approximate surface area is 112 Å². The molecule has 1 amide bonds. The molecule has 2 aliphatic heterocycles. The van der Waals surface area contributed by atoms with Gasteiger partial charge in [-0.3, -0.25) is 4.79 Å². The Morgan fingerprint density at radius 1 is 1.39 bits per heavy atom. The highest BCUT2D eigenvalue weighted by atomic mass is 32.2. The lowest BCUT2D eigenvalue weighted by Crippen LogP contribution is -2.39. The molecular formula is C14H18N2OS. The Kier molecular flexibility index (Phi) is 3.57. The van der Waals surface area contributed by atoms with Gasteiger partial charge in [0.25, 0.3) is 0 Å². The van der Waals surface area contributed by atoms with Crippen LogP contribution in [0.3, 0.4) is 0 Å². The van der Waals surface area contributed by atoms with E-state index in [0.717, 1.165) is 31.7 Å². The third-order valence-electron chi connectivity index (χ3n) is 3.64. The topological polar surface area (TPSA) is 41.1 Å². The Hall–Kier alpha value is -1.00. The number of thioether (sulfide) groups is 1. The molecule has 1 saturated heterocycles. The minimum atomic E-state index is -0.0180. The van der Waals surface area contributed by atoms with Gasteiger partial charge in [0.1, 0.15) is 5.25 Å². The largest absolute Gasteiger partial charge is 0.351 e. The molecule has 0 aromatic heterocycles. The van der Waals surface area contributed by atoms with Crippen molar-refractivity contribution in [2.24, 2.45) is 0 Å². The zero-order valence-electron chi connectivity index (χ0n) is 10.3. The predicted molar refractivity (Wildman–Crippen MR) is 74.8 cm³/mol. The summed E-state index contributed by atoms with van der Waals surface area (Å²) in [5.74, 6) is 1.22. The third kappa shape index (κ3) is 2.40. The number of hydrogen-bond acceptors (Lipinski definition) is 3. The van der Waals surface area contributed by atoms with Crippen LogP contribution in [-0.2, 0) is 11.2 Å². The molecule has 0 saturated carbocycles. The van der Waals surface area contributed by atoms with Gasteiger partial charge in [-0.25, -0.2) is 0 Å². The maximum absolute atomic E-state index is 12.4. The van der Waals surface area contributed by atoms with Crippen LogP contribution in [0.25, 0.3) is 0 Å². The molecule has 2 atom stereocenters. The van der Waals surface area contributed by atoms with E-state index in [0.29, 0.717) is 6.04 Å².